The topological polar surface area (TPSA) is 82.5 Å². The maximum absolute atomic E-state index is 12.2. The minimum absolute atomic E-state index is 0.282. The average Bonchev–Trinajstić information content (AvgIpc) is 3.27. The molecule has 0 aliphatic rings. The van der Waals surface area contributed by atoms with Gasteiger partial charge in [-0.15, -0.1) is 0 Å². The van der Waals surface area contributed by atoms with Crippen LogP contribution >= 0.6 is 0 Å². The molecule has 0 saturated heterocycles. The zero-order valence-corrected chi connectivity index (χ0v) is 15.7. The smallest absolute Gasteiger partial charge is 0.338 e. The van der Waals surface area contributed by atoms with Gasteiger partial charge >= 0.3 is 5.97 Å². The van der Waals surface area contributed by atoms with Crippen LogP contribution < -0.4 is 10.1 Å². The average molecular weight is 379 g/mol. The van der Waals surface area contributed by atoms with Crippen LogP contribution in [0, 0.1) is 0 Å². The normalized spacial score (nSPS) is 11.5. The van der Waals surface area contributed by atoms with Gasteiger partial charge in [-0.2, -0.15) is 5.10 Å². The van der Waals surface area contributed by atoms with Crippen molar-refractivity contribution in [3.63, 3.8) is 0 Å². The fourth-order valence-corrected chi connectivity index (χ4v) is 2.77. The first kappa shape index (κ1) is 19.2. The SMILES string of the molecule is COc1ccccc1C(C)NC(=O)COC(=O)c1ccc(-n2cccn2)cc1. The summed E-state index contributed by atoms with van der Waals surface area (Å²) in [5, 5.41) is 6.92. The van der Waals surface area contributed by atoms with E-state index in [2.05, 4.69) is 10.4 Å². The third kappa shape index (κ3) is 4.56. The van der Waals surface area contributed by atoms with Crippen molar-refractivity contribution in [2.24, 2.45) is 0 Å². The van der Waals surface area contributed by atoms with Crippen LogP contribution in [0.5, 0.6) is 5.75 Å². The van der Waals surface area contributed by atoms with E-state index in [1.54, 1.807) is 48.5 Å². The Morgan fingerprint density at radius 1 is 1.11 bits per heavy atom. The number of aromatic nitrogens is 2. The summed E-state index contributed by atoms with van der Waals surface area (Å²) in [6.45, 7) is 1.48. The van der Waals surface area contributed by atoms with Crippen LogP contribution in [-0.2, 0) is 9.53 Å². The van der Waals surface area contributed by atoms with Crippen LogP contribution in [0.4, 0.5) is 0 Å². The Kier molecular flexibility index (Phi) is 6.06. The first-order valence-electron chi connectivity index (χ1n) is 8.78. The maximum Gasteiger partial charge on any atom is 0.338 e. The van der Waals surface area contributed by atoms with E-state index in [9.17, 15) is 9.59 Å². The molecule has 0 aliphatic carbocycles. The minimum Gasteiger partial charge on any atom is -0.496 e. The Morgan fingerprint density at radius 2 is 1.86 bits per heavy atom. The number of benzene rings is 2. The highest BCUT2D eigenvalue weighted by Gasteiger charge is 2.15. The molecule has 3 rings (SSSR count). The number of carbonyl (C=O) groups excluding carboxylic acids is 2. The molecule has 1 atom stereocenters. The lowest BCUT2D eigenvalue weighted by Crippen LogP contribution is -2.31. The maximum atomic E-state index is 12.2. The molecular weight excluding hydrogens is 358 g/mol. The Labute approximate surface area is 162 Å². The van der Waals surface area contributed by atoms with E-state index in [1.165, 1.54) is 0 Å². The van der Waals surface area contributed by atoms with Crippen molar-refractivity contribution in [3.05, 3.63) is 78.1 Å². The Morgan fingerprint density at radius 3 is 2.54 bits per heavy atom. The number of nitrogens with one attached hydrogen (secondary N) is 1. The van der Waals surface area contributed by atoms with E-state index in [0.29, 0.717) is 11.3 Å². The molecular formula is C21H21N3O4. The number of esters is 1. The Hall–Kier alpha value is -3.61. The first-order chi connectivity index (χ1) is 13.6. The molecule has 1 N–H and O–H groups in total. The molecule has 1 amide bonds. The number of amides is 1. The van der Waals surface area contributed by atoms with E-state index in [-0.39, 0.29) is 18.6 Å². The number of carbonyl (C=O) groups is 2. The summed E-state index contributed by atoms with van der Waals surface area (Å²) < 4.78 is 12.1. The lowest BCUT2D eigenvalue weighted by Gasteiger charge is -2.17. The molecule has 0 spiro atoms. The Bertz CT molecular complexity index is 937. The molecule has 1 unspecified atom stereocenters. The zero-order chi connectivity index (χ0) is 19.9. The predicted molar refractivity (Wildman–Crippen MR) is 103 cm³/mol. The van der Waals surface area contributed by atoms with Crippen LogP contribution in [0.25, 0.3) is 5.69 Å². The molecule has 0 bridgehead atoms. The molecule has 7 nitrogen and oxygen atoms in total. The number of nitrogens with zero attached hydrogens (tertiary/aromatic N) is 2. The van der Waals surface area contributed by atoms with Crippen LogP contribution in [0.3, 0.4) is 0 Å². The number of hydrogen-bond acceptors (Lipinski definition) is 5. The lowest BCUT2D eigenvalue weighted by molar-refractivity contribution is -0.124. The van der Waals surface area contributed by atoms with E-state index < -0.39 is 5.97 Å². The van der Waals surface area contributed by atoms with E-state index in [4.69, 9.17) is 9.47 Å². The summed E-state index contributed by atoms with van der Waals surface area (Å²) in [6, 6.07) is 15.7. The fraction of sp³-hybridized carbons (Fsp3) is 0.190. The van der Waals surface area contributed by atoms with Gasteiger partial charge in [0.15, 0.2) is 6.61 Å². The first-order valence-corrected chi connectivity index (χ1v) is 8.78. The van der Waals surface area contributed by atoms with Gasteiger partial charge in [0.05, 0.1) is 24.4 Å². The largest absolute Gasteiger partial charge is 0.496 e. The standard InChI is InChI=1S/C21H21N3O4/c1-15(18-6-3-4-7-19(18)27-2)23-20(25)14-28-21(26)16-8-10-17(11-9-16)24-13-5-12-22-24/h3-13,15H,14H2,1-2H3,(H,23,25). The van der Waals surface area contributed by atoms with Crippen LogP contribution in [0.2, 0.25) is 0 Å². The number of hydrogen-bond donors (Lipinski definition) is 1. The van der Waals surface area contributed by atoms with Crippen LogP contribution in [-0.4, -0.2) is 35.4 Å². The molecule has 144 valence electrons. The second-order valence-corrected chi connectivity index (χ2v) is 6.10. The summed E-state index contributed by atoms with van der Waals surface area (Å²) in [4.78, 5) is 24.3. The van der Waals surface area contributed by atoms with Gasteiger partial charge < -0.3 is 14.8 Å². The summed E-state index contributed by atoms with van der Waals surface area (Å²) in [6.07, 6.45) is 3.48. The van der Waals surface area contributed by atoms with Gasteiger partial charge in [0.25, 0.3) is 5.91 Å². The van der Waals surface area contributed by atoms with Gasteiger partial charge in [0.2, 0.25) is 0 Å². The van der Waals surface area contributed by atoms with Crippen molar-refractivity contribution < 1.29 is 19.1 Å². The van der Waals surface area contributed by atoms with Crippen molar-refractivity contribution >= 4 is 11.9 Å². The third-order valence-electron chi connectivity index (χ3n) is 4.19. The minimum atomic E-state index is -0.563. The summed E-state index contributed by atoms with van der Waals surface area (Å²) in [5.74, 6) is -0.267. The summed E-state index contributed by atoms with van der Waals surface area (Å²) >= 11 is 0. The van der Waals surface area contributed by atoms with Gasteiger partial charge in [-0.1, -0.05) is 18.2 Å². The highest BCUT2D eigenvalue weighted by molar-refractivity contribution is 5.91. The second kappa shape index (κ2) is 8.85. The lowest BCUT2D eigenvalue weighted by atomic mass is 10.1. The van der Waals surface area contributed by atoms with Crippen molar-refractivity contribution in [2.75, 3.05) is 13.7 Å². The molecule has 2 aromatic carbocycles. The van der Waals surface area contributed by atoms with Crippen molar-refractivity contribution in [1.82, 2.24) is 15.1 Å². The predicted octanol–water partition coefficient (Wildman–Crippen LogP) is 2.92. The molecule has 1 heterocycles. The molecule has 28 heavy (non-hydrogen) atoms. The van der Waals surface area contributed by atoms with Crippen molar-refractivity contribution in [2.45, 2.75) is 13.0 Å². The number of methoxy groups -OCH3 is 1. The highest BCUT2D eigenvalue weighted by Crippen LogP contribution is 2.24. The van der Waals surface area contributed by atoms with Crippen molar-refractivity contribution in [1.29, 1.82) is 0 Å². The summed E-state index contributed by atoms with van der Waals surface area (Å²) in [7, 11) is 1.58. The van der Waals surface area contributed by atoms with Crippen LogP contribution in [0.1, 0.15) is 28.9 Å². The quantitative estimate of drug-likeness (QED) is 0.638. The third-order valence-corrected chi connectivity index (χ3v) is 4.19. The molecule has 0 radical (unpaired) electrons. The number of rotatable bonds is 7. The van der Waals surface area contributed by atoms with Gasteiger partial charge in [-0.05, 0) is 43.3 Å². The highest BCUT2D eigenvalue weighted by atomic mass is 16.5. The van der Waals surface area contributed by atoms with Crippen LogP contribution in [0.15, 0.2) is 67.0 Å². The Balaban J connectivity index is 1.53. The van der Waals surface area contributed by atoms with E-state index >= 15 is 0 Å². The molecule has 0 saturated carbocycles. The van der Waals surface area contributed by atoms with Crippen molar-refractivity contribution in [3.8, 4) is 11.4 Å². The number of ether oxygens (including phenoxy) is 2. The molecule has 0 fully saturated rings. The second-order valence-electron chi connectivity index (χ2n) is 6.10. The number of para-hydroxylation sites is 1. The van der Waals surface area contributed by atoms with E-state index in [0.717, 1.165) is 11.3 Å². The van der Waals surface area contributed by atoms with E-state index in [1.807, 2.05) is 37.3 Å². The van der Waals surface area contributed by atoms with Gasteiger partial charge in [0.1, 0.15) is 5.75 Å². The monoisotopic (exact) mass is 379 g/mol. The fourth-order valence-electron chi connectivity index (χ4n) is 2.77. The van der Waals surface area contributed by atoms with Gasteiger partial charge in [-0.3, -0.25) is 4.79 Å². The molecule has 3 aromatic rings. The zero-order valence-electron chi connectivity index (χ0n) is 15.7. The summed E-state index contributed by atoms with van der Waals surface area (Å²) in [5.41, 5.74) is 2.03. The molecule has 1 aromatic heterocycles. The molecule has 7 heteroatoms. The molecule has 0 aliphatic heterocycles. The van der Waals surface area contributed by atoms with Gasteiger partial charge in [-0.25, -0.2) is 9.48 Å². The van der Waals surface area contributed by atoms with Gasteiger partial charge in [0, 0.05) is 18.0 Å².